The summed E-state index contributed by atoms with van der Waals surface area (Å²) in [5.41, 5.74) is 4.12. The van der Waals surface area contributed by atoms with Crippen LogP contribution in [-0.4, -0.2) is 4.92 Å². The third-order valence-electron chi connectivity index (χ3n) is 2.93. The van der Waals surface area contributed by atoms with Crippen LogP contribution < -0.4 is 5.32 Å². The van der Waals surface area contributed by atoms with Crippen molar-refractivity contribution in [3.05, 3.63) is 55.8 Å². The first-order chi connectivity index (χ1) is 8.59. The van der Waals surface area contributed by atoms with Gasteiger partial charge in [-0.2, -0.15) is 11.3 Å². The number of rotatable bonds is 4. The van der Waals surface area contributed by atoms with Crippen LogP contribution in [0.2, 0.25) is 0 Å². The van der Waals surface area contributed by atoms with E-state index in [2.05, 4.69) is 23.0 Å². The molecule has 2 aromatic rings. The van der Waals surface area contributed by atoms with Crippen molar-refractivity contribution in [3.63, 3.8) is 0 Å². The smallest absolute Gasteiger partial charge is 0.274 e. The first kappa shape index (κ1) is 12.6. The van der Waals surface area contributed by atoms with Gasteiger partial charge in [0.2, 0.25) is 0 Å². The number of aryl methyl sites for hydroxylation is 1. The van der Waals surface area contributed by atoms with Gasteiger partial charge in [-0.3, -0.25) is 10.1 Å². The average Bonchev–Trinajstić information content (AvgIpc) is 2.73. The molecule has 1 aromatic heterocycles. The van der Waals surface area contributed by atoms with Crippen LogP contribution in [0, 0.1) is 24.0 Å². The summed E-state index contributed by atoms with van der Waals surface area (Å²) in [5, 5.41) is 18.3. The van der Waals surface area contributed by atoms with Crippen LogP contribution in [0.15, 0.2) is 29.0 Å². The lowest BCUT2D eigenvalue weighted by Crippen LogP contribution is -2.02. The highest BCUT2D eigenvalue weighted by molar-refractivity contribution is 7.08. The van der Waals surface area contributed by atoms with Gasteiger partial charge < -0.3 is 5.32 Å². The van der Waals surface area contributed by atoms with Gasteiger partial charge in [-0.15, -0.1) is 0 Å². The summed E-state index contributed by atoms with van der Waals surface area (Å²) >= 11 is 1.67. The molecule has 0 aliphatic rings. The van der Waals surface area contributed by atoms with Gasteiger partial charge >= 0.3 is 0 Å². The van der Waals surface area contributed by atoms with Crippen molar-refractivity contribution in [2.75, 3.05) is 5.32 Å². The summed E-state index contributed by atoms with van der Waals surface area (Å²) in [6.07, 6.45) is 0. The fourth-order valence-electron chi connectivity index (χ4n) is 1.77. The topological polar surface area (TPSA) is 55.2 Å². The maximum Gasteiger partial charge on any atom is 0.274 e. The first-order valence-electron chi connectivity index (χ1n) is 5.59. The number of nitrogens with one attached hydrogen (secondary N) is 1. The van der Waals surface area contributed by atoms with Gasteiger partial charge in [0.25, 0.3) is 5.69 Å². The lowest BCUT2D eigenvalue weighted by Gasteiger charge is -2.09. The zero-order valence-electron chi connectivity index (χ0n) is 10.3. The van der Waals surface area contributed by atoms with E-state index >= 15 is 0 Å². The second kappa shape index (κ2) is 5.18. The molecule has 0 spiro atoms. The quantitative estimate of drug-likeness (QED) is 0.672. The molecule has 0 aliphatic carbocycles. The maximum atomic E-state index is 10.8. The Bertz CT molecular complexity index is 578. The summed E-state index contributed by atoms with van der Waals surface area (Å²) in [4.78, 5) is 10.5. The lowest BCUT2D eigenvalue weighted by atomic mass is 10.1. The maximum absolute atomic E-state index is 10.8. The summed E-state index contributed by atoms with van der Waals surface area (Å²) in [6.45, 7) is 4.52. The second-order valence-electron chi connectivity index (χ2n) is 4.14. The molecule has 0 radical (unpaired) electrons. The Morgan fingerprint density at radius 3 is 2.72 bits per heavy atom. The Balaban J connectivity index is 2.17. The van der Waals surface area contributed by atoms with Crippen molar-refractivity contribution in [1.29, 1.82) is 0 Å². The highest BCUT2D eigenvalue weighted by atomic mass is 32.1. The van der Waals surface area contributed by atoms with Crippen molar-refractivity contribution < 1.29 is 4.92 Å². The molecule has 0 atom stereocenters. The molecule has 94 valence electrons. The minimum absolute atomic E-state index is 0.155. The lowest BCUT2D eigenvalue weighted by molar-refractivity contribution is -0.385. The zero-order valence-corrected chi connectivity index (χ0v) is 11.1. The third kappa shape index (κ3) is 2.51. The van der Waals surface area contributed by atoms with E-state index in [0.717, 1.165) is 5.69 Å². The Labute approximate surface area is 109 Å². The Morgan fingerprint density at radius 2 is 2.11 bits per heavy atom. The molecule has 5 heteroatoms. The molecule has 0 amide bonds. The number of benzene rings is 1. The molecule has 1 N–H and O–H groups in total. The molecule has 4 nitrogen and oxygen atoms in total. The van der Waals surface area contributed by atoms with Gasteiger partial charge in [-0.25, -0.2) is 0 Å². The van der Waals surface area contributed by atoms with Crippen molar-refractivity contribution in [1.82, 2.24) is 0 Å². The number of thiophene rings is 1. The minimum Gasteiger partial charge on any atom is -0.381 e. The van der Waals surface area contributed by atoms with Gasteiger partial charge in [0.15, 0.2) is 0 Å². The molecule has 2 rings (SSSR count). The Hall–Kier alpha value is -1.88. The number of hydrogen-bond acceptors (Lipinski definition) is 4. The highest BCUT2D eigenvalue weighted by Crippen LogP contribution is 2.26. The molecule has 0 fully saturated rings. The molecule has 0 aliphatic heterocycles. The van der Waals surface area contributed by atoms with Crippen LogP contribution >= 0.6 is 11.3 Å². The molecule has 1 aromatic carbocycles. The van der Waals surface area contributed by atoms with E-state index in [1.54, 1.807) is 24.3 Å². The SMILES string of the molecule is Cc1cscc1CNc1cccc([N+](=O)[O-])c1C. The number of hydrogen-bond donors (Lipinski definition) is 1. The average molecular weight is 262 g/mol. The van der Waals surface area contributed by atoms with Crippen LogP contribution in [0.25, 0.3) is 0 Å². The number of nitro groups is 1. The molecular formula is C13H14N2O2S. The second-order valence-corrected chi connectivity index (χ2v) is 4.88. The highest BCUT2D eigenvalue weighted by Gasteiger charge is 2.12. The van der Waals surface area contributed by atoms with Gasteiger partial charge in [0.05, 0.1) is 4.92 Å². The standard InChI is InChI=1S/C13H14N2O2S/c1-9-7-18-8-11(9)6-14-12-4-3-5-13(10(12)2)15(16)17/h3-5,7-8,14H,6H2,1-2H3. The van der Waals surface area contributed by atoms with E-state index in [9.17, 15) is 10.1 Å². The Morgan fingerprint density at radius 1 is 1.33 bits per heavy atom. The molecule has 18 heavy (non-hydrogen) atoms. The van der Waals surface area contributed by atoms with Gasteiger partial charge in [0.1, 0.15) is 0 Å². The van der Waals surface area contributed by atoms with E-state index in [1.807, 2.05) is 6.07 Å². The first-order valence-corrected chi connectivity index (χ1v) is 6.53. The molecule has 0 unspecified atom stereocenters. The van der Waals surface area contributed by atoms with Gasteiger partial charge in [-0.05, 0) is 41.8 Å². The molecule has 0 bridgehead atoms. The van der Waals surface area contributed by atoms with Crippen molar-refractivity contribution >= 4 is 22.7 Å². The van der Waals surface area contributed by atoms with Crippen molar-refractivity contribution in [2.24, 2.45) is 0 Å². The van der Waals surface area contributed by atoms with E-state index in [-0.39, 0.29) is 10.6 Å². The third-order valence-corrected chi connectivity index (χ3v) is 3.84. The fourth-order valence-corrected chi connectivity index (χ4v) is 2.63. The van der Waals surface area contributed by atoms with Gasteiger partial charge in [-0.1, -0.05) is 6.07 Å². The van der Waals surface area contributed by atoms with Crippen molar-refractivity contribution in [3.8, 4) is 0 Å². The largest absolute Gasteiger partial charge is 0.381 e. The van der Waals surface area contributed by atoms with E-state index < -0.39 is 0 Å². The molecular weight excluding hydrogens is 248 g/mol. The Kier molecular flexibility index (Phi) is 3.62. The normalized spacial score (nSPS) is 10.3. The minimum atomic E-state index is -0.351. The monoisotopic (exact) mass is 262 g/mol. The summed E-state index contributed by atoms with van der Waals surface area (Å²) in [6, 6.07) is 5.09. The molecule has 0 saturated carbocycles. The van der Waals surface area contributed by atoms with Crippen molar-refractivity contribution in [2.45, 2.75) is 20.4 Å². The molecule has 1 heterocycles. The summed E-state index contributed by atoms with van der Waals surface area (Å²) in [7, 11) is 0. The van der Waals surface area contributed by atoms with Crippen LogP contribution in [0.5, 0.6) is 0 Å². The molecule has 0 saturated heterocycles. The van der Waals surface area contributed by atoms with Crippen LogP contribution in [0.4, 0.5) is 11.4 Å². The predicted octanol–water partition coefficient (Wildman–Crippen LogP) is 3.89. The van der Waals surface area contributed by atoms with E-state index in [0.29, 0.717) is 12.1 Å². The van der Waals surface area contributed by atoms with Gasteiger partial charge in [0, 0.05) is 23.9 Å². The number of anilines is 1. The zero-order chi connectivity index (χ0) is 13.1. The van der Waals surface area contributed by atoms with E-state index in [4.69, 9.17) is 0 Å². The van der Waals surface area contributed by atoms with Crippen LogP contribution in [0.1, 0.15) is 16.7 Å². The fraction of sp³-hybridized carbons (Fsp3) is 0.231. The van der Waals surface area contributed by atoms with Crippen LogP contribution in [0.3, 0.4) is 0 Å². The number of nitro benzene ring substituents is 1. The van der Waals surface area contributed by atoms with E-state index in [1.165, 1.54) is 17.2 Å². The predicted molar refractivity (Wildman–Crippen MR) is 74.2 cm³/mol. The summed E-state index contributed by atoms with van der Waals surface area (Å²) in [5.74, 6) is 0. The number of nitrogens with zero attached hydrogens (tertiary/aromatic N) is 1. The van der Waals surface area contributed by atoms with Crippen LogP contribution in [-0.2, 0) is 6.54 Å². The summed E-state index contributed by atoms with van der Waals surface area (Å²) < 4.78 is 0.